The summed E-state index contributed by atoms with van der Waals surface area (Å²) in [6.07, 6.45) is 6.15. The molecule has 9 heteroatoms. The molecule has 0 bridgehead atoms. The highest BCUT2D eigenvalue weighted by Crippen LogP contribution is 2.36. The lowest BCUT2D eigenvalue weighted by molar-refractivity contribution is -0.147. The second-order valence-corrected chi connectivity index (χ2v) is 8.37. The number of anilines is 1. The number of thiophene rings is 1. The Morgan fingerprint density at radius 2 is 2.03 bits per heavy atom. The Balaban J connectivity index is 1.40. The molecule has 1 aliphatic rings. The van der Waals surface area contributed by atoms with Gasteiger partial charge in [-0.25, -0.2) is 4.98 Å². The smallest absolute Gasteiger partial charge is 0.326 e. The van der Waals surface area contributed by atoms with Crippen LogP contribution >= 0.6 is 11.3 Å². The van der Waals surface area contributed by atoms with Crippen LogP contribution < -0.4 is 10.9 Å². The lowest BCUT2D eigenvalue weighted by atomic mass is 10.1. The number of para-hydroxylation sites is 2. The fourth-order valence-corrected chi connectivity index (χ4v) is 4.97. The molecule has 2 aromatic heterocycles. The first kappa shape index (κ1) is 20.8. The van der Waals surface area contributed by atoms with E-state index >= 15 is 0 Å². The van der Waals surface area contributed by atoms with Crippen molar-refractivity contribution in [1.29, 1.82) is 5.26 Å². The number of aromatic nitrogens is 2. The van der Waals surface area contributed by atoms with Gasteiger partial charge in [-0.15, -0.1) is 11.3 Å². The molecule has 3 aromatic rings. The van der Waals surface area contributed by atoms with Gasteiger partial charge < -0.3 is 10.1 Å². The second-order valence-electron chi connectivity index (χ2n) is 7.26. The molecule has 0 spiro atoms. The van der Waals surface area contributed by atoms with Crippen molar-refractivity contribution >= 4 is 39.2 Å². The number of nitriles is 1. The third-order valence-electron chi connectivity index (χ3n) is 5.19. The maximum Gasteiger partial charge on any atom is 0.326 e. The number of nitrogens with zero attached hydrogens (tertiary/aromatic N) is 3. The van der Waals surface area contributed by atoms with E-state index in [4.69, 9.17) is 4.74 Å². The number of hydrogen-bond donors (Lipinski definition) is 1. The lowest BCUT2D eigenvalue weighted by Gasteiger charge is -2.09. The van der Waals surface area contributed by atoms with Crippen LogP contribution in [0.4, 0.5) is 5.00 Å². The van der Waals surface area contributed by atoms with Gasteiger partial charge in [0.15, 0.2) is 6.61 Å². The van der Waals surface area contributed by atoms with Crippen LogP contribution in [0.2, 0.25) is 0 Å². The van der Waals surface area contributed by atoms with Gasteiger partial charge in [0.2, 0.25) is 0 Å². The van der Waals surface area contributed by atoms with Crippen LogP contribution in [-0.4, -0.2) is 28.0 Å². The van der Waals surface area contributed by atoms with Gasteiger partial charge in [-0.05, 0) is 43.4 Å². The van der Waals surface area contributed by atoms with Gasteiger partial charge in [-0.1, -0.05) is 18.6 Å². The Morgan fingerprint density at radius 1 is 1.23 bits per heavy atom. The molecule has 4 rings (SSSR count). The minimum atomic E-state index is -0.712. The number of nitrogens with one attached hydrogen (secondary N) is 1. The average Bonchev–Trinajstić information content (AvgIpc) is 2.92. The molecule has 1 amide bonds. The number of benzene rings is 1. The van der Waals surface area contributed by atoms with Crippen molar-refractivity contribution < 1.29 is 14.3 Å². The Hall–Kier alpha value is -3.51. The molecule has 0 fully saturated rings. The number of esters is 1. The Morgan fingerprint density at radius 3 is 2.87 bits per heavy atom. The Kier molecular flexibility index (Phi) is 6.09. The molecular weight excluding hydrogens is 416 g/mol. The number of carbonyl (C=O) groups is 2. The molecule has 158 valence electrons. The van der Waals surface area contributed by atoms with Crippen LogP contribution in [0.15, 0.2) is 35.3 Å². The van der Waals surface area contributed by atoms with Crippen LogP contribution in [0, 0.1) is 11.3 Å². The number of aryl methyl sites for hydroxylation is 1. The van der Waals surface area contributed by atoms with Crippen LogP contribution in [0.3, 0.4) is 0 Å². The van der Waals surface area contributed by atoms with Crippen LogP contribution in [-0.2, 0) is 33.7 Å². The van der Waals surface area contributed by atoms with Crippen molar-refractivity contribution in [2.24, 2.45) is 0 Å². The molecule has 1 N–H and O–H groups in total. The lowest BCUT2D eigenvalue weighted by Crippen LogP contribution is -2.28. The van der Waals surface area contributed by atoms with E-state index in [9.17, 15) is 19.6 Å². The van der Waals surface area contributed by atoms with Crippen molar-refractivity contribution in [3.8, 4) is 6.07 Å². The predicted octanol–water partition coefficient (Wildman–Crippen LogP) is 2.78. The number of amides is 1. The summed E-state index contributed by atoms with van der Waals surface area (Å²) in [5.74, 6) is -1.23. The molecule has 0 saturated heterocycles. The monoisotopic (exact) mass is 436 g/mol. The fourth-order valence-electron chi connectivity index (χ4n) is 3.71. The first-order valence-corrected chi connectivity index (χ1v) is 10.8. The van der Waals surface area contributed by atoms with Gasteiger partial charge in [-0.2, -0.15) is 5.26 Å². The molecule has 0 unspecified atom stereocenters. The first-order chi connectivity index (χ1) is 15.1. The predicted molar refractivity (Wildman–Crippen MR) is 116 cm³/mol. The summed E-state index contributed by atoms with van der Waals surface area (Å²) in [5.41, 5.74) is 2.20. The largest absolute Gasteiger partial charge is 0.454 e. The molecule has 0 radical (unpaired) electrons. The van der Waals surface area contributed by atoms with Gasteiger partial charge in [0.05, 0.1) is 22.8 Å². The highest BCUT2D eigenvalue weighted by molar-refractivity contribution is 7.16. The molecule has 0 atom stereocenters. The maximum atomic E-state index is 12.3. The van der Waals surface area contributed by atoms with Gasteiger partial charge in [0.25, 0.3) is 11.5 Å². The maximum absolute atomic E-state index is 12.3. The van der Waals surface area contributed by atoms with E-state index in [2.05, 4.69) is 16.4 Å². The zero-order valence-electron chi connectivity index (χ0n) is 16.7. The minimum Gasteiger partial charge on any atom is -0.454 e. The highest BCUT2D eigenvalue weighted by Gasteiger charge is 2.21. The summed E-state index contributed by atoms with van der Waals surface area (Å²) in [6.45, 7) is -0.823. The van der Waals surface area contributed by atoms with Gasteiger partial charge in [0.1, 0.15) is 17.6 Å². The average molecular weight is 436 g/mol. The van der Waals surface area contributed by atoms with E-state index in [-0.39, 0.29) is 6.54 Å². The van der Waals surface area contributed by atoms with E-state index in [1.165, 1.54) is 15.9 Å². The number of fused-ring (bicyclic) bond motifs is 2. The second kappa shape index (κ2) is 9.10. The molecule has 8 nitrogen and oxygen atoms in total. The molecule has 0 aliphatic heterocycles. The molecular formula is C22H20N4O4S. The van der Waals surface area contributed by atoms with Crippen LogP contribution in [0.5, 0.6) is 0 Å². The quantitative estimate of drug-likeness (QED) is 0.486. The SMILES string of the molecule is N#Cc1c(NC(=O)COC(=O)Cn2c(=O)cnc3ccccc32)sc2c1CCCCC2. The molecule has 1 aromatic carbocycles. The fraction of sp³-hybridized carbons (Fsp3) is 0.318. The standard InChI is InChI=1S/C22H20N4O4S/c23-10-15-14-6-2-1-3-9-18(14)31-22(15)25-19(27)13-30-21(29)12-26-17-8-5-4-7-16(17)24-11-20(26)28/h4-5,7-8,11H,1-3,6,9,12-13H2,(H,25,27). The number of hydrogen-bond acceptors (Lipinski definition) is 7. The summed E-state index contributed by atoms with van der Waals surface area (Å²) < 4.78 is 6.33. The molecule has 31 heavy (non-hydrogen) atoms. The zero-order chi connectivity index (χ0) is 21.8. The van der Waals surface area contributed by atoms with Crippen molar-refractivity contribution in [3.05, 3.63) is 56.8 Å². The van der Waals surface area contributed by atoms with Crippen LogP contribution in [0.25, 0.3) is 11.0 Å². The Bertz CT molecular complexity index is 1250. The van der Waals surface area contributed by atoms with E-state index in [1.807, 2.05) is 0 Å². The van der Waals surface area contributed by atoms with E-state index in [0.717, 1.165) is 48.7 Å². The van der Waals surface area contributed by atoms with E-state index < -0.39 is 24.0 Å². The first-order valence-electron chi connectivity index (χ1n) is 10.0. The Labute approximate surface area is 182 Å². The zero-order valence-corrected chi connectivity index (χ0v) is 17.5. The van der Waals surface area contributed by atoms with Crippen LogP contribution in [0.1, 0.15) is 35.3 Å². The highest BCUT2D eigenvalue weighted by atomic mass is 32.1. The van der Waals surface area contributed by atoms with Crippen molar-refractivity contribution in [2.75, 3.05) is 11.9 Å². The minimum absolute atomic E-state index is 0.327. The van der Waals surface area contributed by atoms with E-state index in [0.29, 0.717) is 21.6 Å². The normalized spacial score (nSPS) is 13.1. The molecule has 2 heterocycles. The summed E-state index contributed by atoms with van der Waals surface area (Å²) in [6, 6.07) is 9.15. The summed E-state index contributed by atoms with van der Waals surface area (Å²) in [5, 5.41) is 12.8. The topological polar surface area (TPSA) is 114 Å². The van der Waals surface area contributed by atoms with Crippen molar-refractivity contribution in [1.82, 2.24) is 9.55 Å². The van der Waals surface area contributed by atoms with Gasteiger partial charge >= 0.3 is 5.97 Å². The molecule has 0 saturated carbocycles. The van der Waals surface area contributed by atoms with Gasteiger partial charge in [0, 0.05) is 4.88 Å². The number of carbonyl (C=O) groups excluding carboxylic acids is 2. The number of ether oxygens (including phenoxy) is 1. The van der Waals surface area contributed by atoms with Gasteiger partial charge in [-0.3, -0.25) is 19.0 Å². The number of rotatable bonds is 5. The summed E-state index contributed by atoms with van der Waals surface area (Å²) in [4.78, 5) is 41.9. The van der Waals surface area contributed by atoms with E-state index in [1.54, 1.807) is 24.3 Å². The molecule has 1 aliphatic carbocycles. The third-order valence-corrected chi connectivity index (χ3v) is 6.40. The summed E-state index contributed by atoms with van der Waals surface area (Å²) >= 11 is 1.42. The third kappa shape index (κ3) is 4.49. The summed E-state index contributed by atoms with van der Waals surface area (Å²) in [7, 11) is 0. The van der Waals surface area contributed by atoms with Crippen molar-refractivity contribution in [3.63, 3.8) is 0 Å². The van der Waals surface area contributed by atoms with Crippen molar-refractivity contribution in [2.45, 2.75) is 38.6 Å².